The van der Waals surface area contributed by atoms with Crippen LogP contribution in [0.2, 0.25) is 4.34 Å². The fraction of sp³-hybridized carbons (Fsp3) is 0.737. The molecule has 4 atom stereocenters. The number of nitrogens with one attached hydrogen (secondary N) is 1. The molecular weight excluding hydrogens is 418 g/mol. The van der Waals surface area contributed by atoms with Gasteiger partial charge in [0.05, 0.1) is 10.4 Å². The van der Waals surface area contributed by atoms with Crippen LogP contribution >= 0.6 is 22.9 Å². The normalized spacial score (nSPS) is 28.8. The molecule has 2 aliphatic rings. The molecule has 0 bridgehead atoms. The first kappa shape index (κ1) is 22.0. The third-order valence-corrected chi connectivity index (χ3v) is 9.97. The number of hydrogen-bond donors (Lipinski definition) is 1. The molecule has 6 nitrogen and oxygen atoms in total. The second-order valence-corrected chi connectivity index (χ2v) is 11.9. The summed E-state index contributed by atoms with van der Waals surface area (Å²) in [5.41, 5.74) is 0. The summed E-state index contributed by atoms with van der Waals surface area (Å²) in [6, 6.07) is 3.14. The molecule has 1 aliphatic carbocycles. The molecule has 3 rings (SSSR count). The molecule has 28 heavy (non-hydrogen) atoms. The van der Waals surface area contributed by atoms with Crippen LogP contribution < -0.4 is 5.32 Å². The maximum Gasteiger partial charge on any atom is 0.252 e. The van der Waals surface area contributed by atoms with Crippen LogP contribution in [-0.2, 0) is 14.8 Å². The lowest BCUT2D eigenvalue weighted by molar-refractivity contribution is -0.127. The molecule has 2 fully saturated rings. The third-order valence-electron chi connectivity index (χ3n) is 6.38. The van der Waals surface area contributed by atoms with Gasteiger partial charge in [0.15, 0.2) is 0 Å². The van der Waals surface area contributed by atoms with Crippen molar-refractivity contribution in [3.8, 4) is 0 Å². The number of nitrogens with zero attached hydrogens (tertiary/aromatic N) is 2. The minimum absolute atomic E-state index is 0.0484. The molecule has 1 aromatic heterocycles. The standard InChI is InChI=1S/C19H30ClN3O3S2/c1-13-5-4-6-16(14(13)2)21-19(24)15(3)22-9-11-23(12-10-22)28(25,26)18-8-7-17(20)27-18/h7-8,13-16H,4-6,9-12H2,1-3H3,(H,21,24)/t13-,14-,15-,16+/m1/s1. The molecule has 1 saturated heterocycles. The number of carbonyl (C=O) groups excluding carboxylic acids is 1. The van der Waals surface area contributed by atoms with Crippen LogP contribution in [-0.4, -0.2) is 61.8 Å². The average Bonchev–Trinajstić information content (AvgIpc) is 3.12. The molecule has 0 radical (unpaired) electrons. The molecule has 158 valence electrons. The minimum Gasteiger partial charge on any atom is -0.352 e. The maximum atomic E-state index is 12.8. The first-order chi connectivity index (χ1) is 13.2. The van der Waals surface area contributed by atoms with Gasteiger partial charge in [-0.25, -0.2) is 8.42 Å². The molecule has 9 heteroatoms. The Morgan fingerprint density at radius 1 is 1.21 bits per heavy atom. The van der Waals surface area contributed by atoms with E-state index < -0.39 is 10.0 Å². The zero-order chi connectivity index (χ0) is 20.5. The number of rotatable bonds is 5. The monoisotopic (exact) mass is 447 g/mol. The van der Waals surface area contributed by atoms with Gasteiger partial charge in [-0.1, -0.05) is 38.3 Å². The minimum atomic E-state index is -3.51. The van der Waals surface area contributed by atoms with Crippen LogP contribution in [0, 0.1) is 11.8 Å². The lowest BCUT2D eigenvalue weighted by Crippen LogP contribution is -2.56. The molecule has 0 spiro atoms. The molecule has 1 aromatic rings. The van der Waals surface area contributed by atoms with Gasteiger partial charge in [-0.15, -0.1) is 11.3 Å². The SMILES string of the molecule is C[C@@H]1[C@H](C)CCC[C@@H]1NC(=O)[C@@H](C)N1CCN(S(=O)(=O)c2ccc(Cl)s2)CC1. The van der Waals surface area contributed by atoms with Crippen LogP contribution in [0.1, 0.15) is 40.0 Å². The smallest absolute Gasteiger partial charge is 0.252 e. The fourth-order valence-electron chi connectivity index (χ4n) is 4.15. The predicted octanol–water partition coefficient (Wildman–Crippen LogP) is 3.04. The second-order valence-electron chi connectivity index (χ2n) is 8.06. The number of sulfonamides is 1. The molecule has 0 unspecified atom stereocenters. The first-order valence-electron chi connectivity index (χ1n) is 10.00. The lowest BCUT2D eigenvalue weighted by Gasteiger charge is -2.39. The number of amides is 1. The highest BCUT2D eigenvalue weighted by Gasteiger charge is 2.34. The van der Waals surface area contributed by atoms with E-state index in [0.29, 0.717) is 42.4 Å². The van der Waals surface area contributed by atoms with E-state index in [1.165, 1.54) is 10.7 Å². The van der Waals surface area contributed by atoms with Crippen LogP contribution in [0.15, 0.2) is 16.3 Å². The van der Waals surface area contributed by atoms with Crippen molar-refractivity contribution in [3.05, 3.63) is 16.5 Å². The van der Waals surface area contributed by atoms with Gasteiger partial charge in [-0.3, -0.25) is 9.69 Å². The molecule has 2 heterocycles. The molecule has 1 aliphatic heterocycles. The van der Waals surface area contributed by atoms with Gasteiger partial charge < -0.3 is 5.32 Å². The molecule has 1 N–H and O–H groups in total. The topological polar surface area (TPSA) is 69.7 Å². The molecule has 0 aromatic carbocycles. The van der Waals surface area contributed by atoms with Gasteiger partial charge in [0.25, 0.3) is 10.0 Å². The van der Waals surface area contributed by atoms with E-state index in [9.17, 15) is 13.2 Å². The summed E-state index contributed by atoms with van der Waals surface area (Å²) >= 11 is 6.97. The Bertz CT molecular complexity index is 790. The number of hydrogen-bond acceptors (Lipinski definition) is 5. The zero-order valence-corrected chi connectivity index (χ0v) is 19.1. The van der Waals surface area contributed by atoms with Gasteiger partial charge in [-0.05, 0) is 37.3 Å². The summed E-state index contributed by atoms with van der Waals surface area (Å²) in [5.74, 6) is 1.17. The summed E-state index contributed by atoms with van der Waals surface area (Å²) < 4.78 is 27.7. The van der Waals surface area contributed by atoms with Crippen LogP contribution in [0.3, 0.4) is 0 Å². The Labute approximate surface area is 177 Å². The number of piperazine rings is 1. The highest BCUT2D eigenvalue weighted by Crippen LogP contribution is 2.30. The van der Waals surface area contributed by atoms with Gasteiger partial charge in [0.1, 0.15) is 4.21 Å². The van der Waals surface area contributed by atoms with Crippen LogP contribution in [0.25, 0.3) is 0 Å². The van der Waals surface area contributed by atoms with E-state index >= 15 is 0 Å². The summed E-state index contributed by atoms with van der Waals surface area (Å²) in [5, 5.41) is 3.24. The van der Waals surface area contributed by atoms with Crippen molar-refractivity contribution in [1.82, 2.24) is 14.5 Å². The quantitative estimate of drug-likeness (QED) is 0.753. The van der Waals surface area contributed by atoms with Gasteiger partial charge in [0.2, 0.25) is 5.91 Å². The highest BCUT2D eigenvalue weighted by molar-refractivity contribution is 7.91. The largest absolute Gasteiger partial charge is 0.352 e. The fourth-order valence-corrected chi connectivity index (χ4v) is 7.21. The maximum absolute atomic E-state index is 12.8. The summed E-state index contributed by atoms with van der Waals surface area (Å²) in [6.45, 7) is 8.24. The Balaban J connectivity index is 1.54. The number of thiophene rings is 1. The summed E-state index contributed by atoms with van der Waals surface area (Å²) in [6.07, 6.45) is 3.43. The van der Waals surface area contributed by atoms with Crippen molar-refractivity contribution in [2.75, 3.05) is 26.2 Å². The first-order valence-corrected chi connectivity index (χ1v) is 12.6. The highest BCUT2D eigenvalue weighted by atomic mass is 35.5. The Morgan fingerprint density at radius 3 is 2.50 bits per heavy atom. The third kappa shape index (κ3) is 4.73. The van der Waals surface area contributed by atoms with Gasteiger partial charge in [-0.2, -0.15) is 4.31 Å². The molecule has 1 saturated carbocycles. The molecular formula is C19H30ClN3O3S2. The number of halogens is 1. The number of carbonyl (C=O) groups is 1. The molecule has 1 amide bonds. The van der Waals surface area contributed by atoms with E-state index in [0.717, 1.165) is 24.2 Å². The van der Waals surface area contributed by atoms with Crippen molar-refractivity contribution >= 4 is 38.9 Å². The predicted molar refractivity (Wildman–Crippen MR) is 113 cm³/mol. The Morgan fingerprint density at radius 2 is 1.89 bits per heavy atom. The van der Waals surface area contributed by atoms with Crippen molar-refractivity contribution in [2.45, 2.75) is 56.3 Å². The average molecular weight is 448 g/mol. The lowest BCUT2D eigenvalue weighted by atomic mass is 9.78. The Kier molecular flexibility index (Phi) is 7.08. The summed E-state index contributed by atoms with van der Waals surface area (Å²) in [4.78, 5) is 14.8. The van der Waals surface area contributed by atoms with E-state index in [4.69, 9.17) is 11.6 Å². The van der Waals surface area contributed by atoms with E-state index in [1.807, 2.05) is 6.92 Å². The van der Waals surface area contributed by atoms with E-state index in [-0.39, 0.29) is 22.2 Å². The zero-order valence-electron chi connectivity index (χ0n) is 16.7. The van der Waals surface area contributed by atoms with E-state index in [1.54, 1.807) is 12.1 Å². The van der Waals surface area contributed by atoms with Crippen LogP contribution in [0.5, 0.6) is 0 Å². The van der Waals surface area contributed by atoms with Gasteiger partial charge >= 0.3 is 0 Å². The van der Waals surface area contributed by atoms with Crippen molar-refractivity contribution < 1.29 is 13.2 Å². The summed E-state index contributed by atoms with van der Waals surface area (Å²) in [7, 11) is -3.51. The Hall–Kier alpha value is -0.670. The second kappa shape index (κ2) is 9.00. The van der Waals surface area contributed by atoms with Gasteiger partial charge in [0, 0.05) is 32.2 Å². The van der Waals surface area contributed by atoms with Crippen molar-refractivity contribution in [3.63, 3.8) is 0 Å². The van der Waals surface area contributed by atoms with Crippen molar-refractivity contribution in [2.24, 2.45) is 11.8 Å². The van der Waals surface area contributed by atoms with E-state index in [2.05, 4.69) is 24.1 Å². The van der Waals surface area contributed by atoms with Crippen LogP contribution in [0.4, 0.5) is 0 Å². The van der Waals surface area contributed by atoms with Crippen molar-refractivity contribution in [1.29, 1.82) is 0 Å².